The summed E-state index contributed by atoms with van der Waals surface area (Å²) in [5.41, 5.74) is 6.57. The highest BCUT2D eigenvalue weighted by Gasteiger charge is 2.32. The van der Waals surface area contributed by atoms with Crippen molar-refractivity contribution < 1.29 is 23.6 Å². The maximum Gasteiger partial charge on any atom is 0.346 e. The molecule has 1 aliphatic heterocycles. The number of amides is 1. The number of aromatic nitrogens is 1. The van der Waals surface area contributed by atoms with Gasteiger partial charge in [-0.3, -0.25) is 4.79 Å². The number of carbonyl (C=O) groups excluding carboxylic acids is 2. The van der Waals surface area contributed by atoms with Crippen LogP contribution in [0, 0.1) is 6.92 Å². The molecule has 3 rings (SSSR count). The fourth-order valence-corrected chi connectivity index (χ4v) is 2.64. The molecule has 1 aromatic carbocycles. The van der Waals surface area contributed by atoms with Crippen LogP contribution in [0.15, 0.2) is 34.9 Å². The first kappa shape index (κ1) is 17.0. The van der Waals surface area contributed by atoms with E-state index >= 15 is 0 Å². The van der Waals surface area contributed by atoms with Gasteiger partial charge in [-0.05, 0) is 6.92 Å². The second-order valence-corrected chi connectivity index (χ2v) is 5.64. The highest BCUT2D eigenvalue weighted by Crippen LogP contribution is 2.25. The molecule has 2 aromatic rings. The van der Waals surface area contributed by atoms with Crippen LogP contribution < -0.4 is 5.73 Å². The number of nitrogen functional groups attached to an aromatic ring is 1. The Balaban J connectivity index is 1.86. The second-order valence-electron chi connectivity index (χ2n) is 5.64. The third-order valence-corrected chi connectivity index (χ3v) is 3.97. The van der Waals surface area contributed by atoms with Crippen LogP contribution in [0.3, 0.4) is 0 Å². The summed E-state index contributed by atoms with van der Waals surface area (Å²) < 4.78 is 15.6. The van der Waals surface area contributed by atoms with E-state index in [1.54, 1.807) is 36.1 Å². The molecule has 0 aliphatic carbocycles. The van der Waals surface area contributed by atoms with Crippen molar-refractivity contribution in [3.8, 4) is 0 Å². The van der Waals surface area contributed by atoms with E-state index in [1.165, 1.54) is 0 Å². The lowest BCUT2D eigenvalue weighted by molar-refractivity contribution is -0.145. The molecule has 0 radical (unpaired) electrons. The van der Waals surface area contributed by atoms with Gasteiger partial charge in [0.1, 0.15) is 5.56 Å². The first-order valence-corrected chi connectivity index (χ1v) is 7.92. The van der Waals surface area contributed by atoms with Gasteiger partial charge >= 0.3 is 5.97 Å². The lowest BCUT2D eigenvalue weighted by atomic mass is 10.1. The molecule has 1 atom stereocenters. The number of nitrogens with zero attached hydrogens (tertiary/aromatic N) is 2. The zero-order valence-electron chi connectivity index (χ0n) is 13.8. The Morgan fingerprint density at radius 2 is 1.92 bits per heavy atom. The lowest BCUT2D eigenvalue weighted by Gasteiger charge is -2.30. The maximum absolute atomic E-state index is 12.9. The molecular weight excluding hydrogens is 326 g/mol. The van der Waals surface area contributed by atoms with Gasteiger partial charge in [-0.25, -0.2) is 4.79 Å². The van der Waals surface area contributed by atoms with Crippen molar-refractivity contribution >= 4 is 17.8 Å². The van der Waals surface area contributed by atoms with Gasteiger partial charge in [0.15, 0.2) is 0 Å². The van der Waals surface area contributed by atoms with Crippen LogP contribution in [0.1, 0.15) is 27.7 Å². The van der Waals surface area contributed by atoms with Crippen LogP contribution in [0.4, 0.5) is 5.88 Å². The number of benzene rings is 1. The Labute approximate surface area is 144 Å². The van der Waals surface area contributed by atoms with Crippen molar-refractivity contribution in [1.82, 2.24) is 10.1 Å². The minimum absolute atomic E-state index is 0.0377. The van der Waals surface area contributed by atoms with E-state index in [2.05, 4.69) is 5.16 Å². The average Bonchev–Trinajstić information content (AvgIpc) is 2.99. The van der Waals surface area contributed by atoms with Crippen LogP contribution in [0.5, 0.6) is 0 Å². The number of carbonyl (C=O) groups is 2. The van der Waals surface area contributed by atoms with Crippen molar-refractivity contribution in [3.05, 3.63) is 47.2 Å². The highest BCUT2D eigenvalue weighted by atomic mass is 16.6. The normalized spacial score (nSPS) is 15.6. The van der Waals surface area contributed by atoms with Gasteiger partial charge in [0.25, 0.3) is 5.91 Å². The maximum atomic E-state index is 12.9. The molecule has 2 heterocycles. The Kier molecular flexibility index (Phi) is 4.99. The van der Waals surface area contributed by atoms with Gasteiger partial charge < -0.3 is 24.6 Å². The molecule has 1 aliphatic rings. The quantitative estimate of drug-likeness (QED) is 0.833. The fourth-order valence-electron chi connectivity index (χ4n) is 2.64. The number of ether oxygens (including phenoxy) is 2. The monoisotopic (exact) mass is 345 g/mol. The number of morpholine rings is 1. The minimum Gasteiger partial charge on any atom is -0.443 e. The largest absolute Gasteiger partial charge is 0.443 e. The molecule has 1 aromatic heterocycles. The van der Waals surface area contributed by atoms with E-state index < -0.39 is 12.1 Å². The number of rotatable bonds is 4. The van der Waals surface area contributed by atoms with Crippen LogP contribution in [0.25, 0.3) is 0 Å². The number of hydrogen-bond donors (Lipinski definition) is 1. The van der Waals surface area contributed by atoms with E-state index in [4.69, 9.17) is 19.7 Å². The van der Waals surface area contributed by atoms with Crippen LogP contribution in [-0.2, 0) is 14.3 Å². The van der Waals surface area contributed by atoms with Gasteiger partial charge in [-0.15, -0.1) is 0 Å². The molecule has 1 saturated heterocycles. The SMILES string of the molecule is Cc1noc(N)c1C(=O)O[C@@H](C(=O)N1CCOCC1)c1ccccc1. The molecule has 132 valence electrons. The molecule has 8 nitrogen and oxygen atoms in total. The van der Waals surface area contributed by atoms with E-state index in [1.807, 2.05) is 6.07 Å². The van der Waals surface area contributed by atoms with Gasteiger partial charge in [0.2, 0.25) is 12.0 Å². The predicted octanol–water partition coefficient (Wildman–Crippen LogP) is 1.32. The van der Waals surface area contributed by atoms with Crippen LogP contribution in [-0.4, -0.2) is 48.2 Å². The molecule has 2 N–H and O–H groups in total. The van der Waals surface area contributed by atoms with Gasteiger partial charge in [0.05, 0.1) is 18.9 Å². The minimum atomic E-state index is -1.07. The third-order valence-electron chi connectivity index (χ3n) is 3.97. The first-order chi connectivity index (χ1) is 12.1. The molecule has 0 bridgehead atoms. The number of nitrogens with two attached hydrogens (primary N) is 1. The van der Waals surface area contributed by atoms with Crippen molar-refractivity contribution in [2.24, 2.45) is 0 Å². The summed E-state index contributed by atoms with van der Waals surface area (Å²) in [6.07, 6.45) is -1.07. The number of aryl methyl sites for hydroxylation is 1. The second kappa shape index (κ2) is 7.35. The molecule has 25 heavy (non-hydrogen) atoms. The number of esters is 1. The first-order valence-electron chi connectivity index (χ1n) is 7.92. The Bertz CT molecular complexity index is 733. The van der Waals surface area contributed by atoms with Gasteiger partial charge in [-0.1, -0.05) is 35.5 Å². The highest BCUT2D eigenvalue weighted by molar-refractivity contribution is 5.96. The average molecular weight is 345 g/mol. The Hall–Kier alpha value is -2.87. The Morgan fingerprint density at radius 3 is 2.52 bits per heavy atom. The smallest absolute Gasteiger partial charge is 0.346 e. The zero-order chi connectivity index (χ0) is 17.8. The molecule has 1 amide bonds. The van der Waals surface area contributed by atoms with Gasteiger partial charge in [0, 0.05) is 18.7 Å². The molecule has 0 saturated carbocycles. The van der Waals surface area contributed by atoms with Crippen molar-refractivity contribution in [1.29, 1.82) is 0 Å². The summed E-state index contributed by atoms with van der Waals surface area (Å²) in [4.78, 5) is 27.0. The molecule has 0 unspecified atom stereocenters. The Morgan fingerprint density at radius 1 is 1.24 bits per heavy atom. The summed E-state index contributed by atoms with van der Waals surface area (Å²) >= 11 is 0. The summed E-state index contributed by atoms with van der Waals surface area (Å²) in [5.74, 6) is -1.17. The topological polar surface area (TPSA) is 108 Å². The van der Waals surface area contributed by atoms with E-state index in [0.717, 1.165) is 0 Å². The summed E-state index contributed by atoms with van der Waals surface area (Å²) in [5, 5.41) is 3.64. The summed E-state index contributed by atoms with van der Waals surface area (Å²) in [7, 11) is 0. The van der Waals surface area contributed by atoms with Crippen LogP contribution in [0.2, 0.25) is 0 Å². The molecule has 0 spiro atoms. The molecule has 1 fully saturated rings. The van der Waals surface area contributed by atoms with Crippen LogP contribution >= 0.6 is 0 Å². The fraction of sp³-hybridized carbons (Fsp3) is 0.353. The van der Waals surface area contributed by atoms with Crippen molar-refractivity contribution in [2.75, 3.05) is 32.0 Å². The van der Waals surface area contributed by atoms with Gasteiger partial charge in [-0.2, -0.15) is 0 Å². The molecule has 8 heteroatoms. The predicted molar refractivity (Wildman–Crippen MR) is 87.6 cm³/mol. The third kappa shape index (κ3) is 3.63. The van der Waals surface area contributed by atoms with E-state index in [9.17, 15) is 9.59 Å². The van der Waals surface area contributed by atoms with E-state index in [-0.39, 0.29) is 17.4 Å². The van der Waals surface area contributed by atoms with E-state index in [0.29, 0.717) is 37.6 Å². The number of anilines is 1. The standard InChI is InChI=1S/C17H19N3O5/c1-11-13(15(18)25-19-11)17(22)24-14(12-5-3-2-4-6-12)16(21)20-7-9-23-10-8-20/h2-6,14H,7-10,18H2,1H3/t14-/m1/s1. The lowest BCUT2D eigenvalue weighted by Crippen LogP contribution is -2.44. The summed E-state index contributed by atoms with van der Waals surface area (Å²) in [6, 6.07) is 8.85. The zero-order valence-corrected chi connectivity index (χ0v) is 13.8. The number of hydrogen-bond acceptors (Lipinski definition) is 7. The molecular formula is C17H19N3O5. The summed E-state index contributed by atoms with van der Waals surface area (Å²) in [6.45, 7) is 3.40. The van der Waals surface area contributed by atoms with Crippen molar-refractivity contribution in [3.63, 3.8) is 0 Å². The van der Waals surface area contributed by atoms with Crippen molar-refractivity contribution in [2.45, 2.75) is 13.0 Å².